The topological polar surface area (TPSA) is 137 Å². The predicted octanol–water partition coefficient (Wildman–Crippen LogP) is 3.03. The molecule has 0 heterocycles. The number of hydrogen-bond acceptors (Lipinski definition) is 6. The number of oxime groups is 1. The summed E-state index contributed by atoms with van der Waals surface area (Å²) in [6, 6.07) is -1.01. The van der Waals surface area contributed by atoms with Gasteiger partial charge in [-0.25, -0.2) is 4.79 Å². The lowest BCUT2D eigenvalue weighted by Crippen LogP contribution is -2.54. The number of rotatable bonds is 8. The van der Waals surface area contributed by atoms with Gasteiger partial charge in [0.15, 0.2) is 6.61 Å². The van der Waals surface area contributed by atoms with E-state index in [1.165, 1.54) is 5.57 Å². The van der Waals surface area contributed by atoms with E-state index in [0.717, 1.165) is 50.7 Å². The number of carboxylic acid groups (broad SMARTS) is 1. The number of hydrogen-bond donors (Lipinski definition) is 4. The number of carboxylic acids is 1. The second-order valence-corrected chi connectivity index (χ2v) is 12.8. The van der Waals surface area contributed by atoms with E-state index in [1.807, 2.05) is 0 Å². The van der Waals surface area contributed by atoms with Gasteiger partial charge in [-0.2, -0.15) is 0 Å². The van der Waals surface area contributed by atoms with Crippen molar-refractivity contribution in [2.24, 2.45) is 39.7 Å². The molecule has 9 heteroatoms. The van der Waals surface area contributed by atoms with Gasteiger partial charge in [-0.3, -0.25) is 9.59 Å². The maximum atomic E-state index is 12.1. The molecule has 2 amide bonds. The molecule has 214 valence electrons. The maximum absolute atomic E-state index is 12.1. The molecule has 0 aliphatic heterocycles. The fraction of sp³-hybridized carbons (Fsp3) is 0.733. The Morgan fingerprint density at radius 3 is 2.51 bits per heavy atom. The molecule has 0 aromatic heterocycles. The number of aliphatic carboxylic acids is 1. The minimum Gasteiger partial charge on any atom is -0.480 e. The first-order chi connectivity index (χ1) is 18.3. The lowest BCUT2D eigenvalue weighted by atomic mass is 9.46. The van der Waals surface area contributed by atoms with Crippen molar-refractivity contribution < 1.29 is 29.4 Å². The minimum atomic E-state index is -1.12. The zero-order chi connectivity index (χ0) is 28.6. The van der Waals surface area contributed by atoms with E-state index in [4.69, 9.17) is 11.3 Å². The van der Waals surface area contributed by atoms with Crippen LogP contribution in [0.25, 0.3) is 0 Å². The maximum Gasteiger partial charge on any atom is 0.326 e. The van der Waals surface area contributed by atoms with Gasteiger partial charge in [0.05, 0.1) is 12.3 Å². The Labute approximate surface area is 231 Å². The van der Waals surface area contributed by atoms with E-state index < -0.39 is 29.4 Å². The summed E-state index contributed by atoms with van der Waals surface area (Å²) >= 11 is 0. The largest absolute Gasteiger partial charge is 0.480 e. The molecule has 4 N–H and O–H groups in total. The molecule has 0 aromatic carbocycles. The summed E-state index contributed by atoms with van der Waals surface area (Å²) in [6.45, 7) is 7.31. The van der Waals surface area contributed by atoms with Gasteiger partial charge >= 0.3 is 5.97 Å². The summed E-state index contributed by atoms with van der Waals surface area (Å²) in [6.07, 6.45) is 15.5. The monoisotopic (exact) mass is 541 g/mol. The highest BCUT2D eigenvalue weighted by molar-refractivity contribution is 5.96. The van der Waals surface area contributed by atoms with Crippen LogP contribution in [0, 0.1) is 46.8 Å². The molecule has 0 unspecified atom stereocenters. The van der Waals surface area contributed by atoms with Crippen LogP contribution < -0.4 is 10.6 Å². The van der Waals surface area contributed by atoms with Gasteiger partial charge in [0.2, 0.25) is 5.91 Å². The highest BCUT2D eigenvalue weighted by atomic mass is 16.6. The normalized spacial score (nSPS) is 37.0. The molecule has 0 saturated heterocycles. The van der Waals surface area contributed by atoms with Crippen LogP contribution in [0.1, 0.15) is 79.1 Å². The number of nitrogens with zero attached hydrogens (tertiary/aromatic N) is 1. The first-order valence-electron chi connectivity index (χ1n) is 14.2. The van der Waals surface area contributed by atoms with Crippen LogP contribution in [0.2, 0.25) is 0 Å². The molecular weight excluding hydrogens is 498 g/mol. The third-order valence-corrected chi connectivity index (χ3v) is 10.4. The lowest BCUT2D eigenvalue weighted by molar-refractivity contribution is -0.143. The third-order valence-electron chi connectivity index (χ3n) is 10.4. The SMILES string of the molecule is C#C[C@]1(O)CC[C@H]2[C@@H]3CCC4=C/C(=N/OCC(=O)NCC(=O)N[C@H](C(=O)O)C(C)C)CC[C@]4(C)[C@H]3CC[C@@]21C. The number of nitrogens with one attached hydrogen (secondary N) is 2. The van der Waals surface area contributed by atoms with Crippen LogP contribution in [-0.2, 0) is 19.2 Å². The molecule has 9 nitrogen and oxygen atoms in total. The summed E-state index contributed by atoms with van der Waals surface area (Å²) < 4.78 is 0. The van der Waals surface area contributed by atoms with Crippen molar-refractivity contribution in [2.45, 2.75) is 90.7 Å². The third kappa shape index (κ3) is 5.32. The average molecular weight is 542 g/mol. The molecule has 39 heavy (non-hydrogen) atoms. The summed E-state index contributed by atoms with van der Waals surface area (Å²) in [5.74, 6) is 1.85. The molecule has 0 bridgehead atoms. The van der Waals surface area contributed by atoms with Gasteiger partial charge in [0.1, 0.15) is 11.6 Å². The zero-order valence-electron chi connectivity index (χ0n) is 23.6. The van der Waals surface area contributed by atoms with E-state index in [9.17, 15) is 24.6 Å². The number of aliphatic hydroxyl groups is 1. The van der Waals surface area contributed by atoms with Gasteiger partial charge in [-0.15, -0.1) is 6.42 Å². The lowest BCUT2D eigenvalue weighted by Gasteiger charge is -2.58. The number of carbonyl (C=O) groups is 3. The van der Waals surface area contributed by atoms with Crippen LogP contribution in [0.5, 0.6) is 0 Å². The van der Waals surface area contributed by atoms with Gasteiger partial charge in [-0.05, 0) is 86.5 Å². The second kappa shape index (κ2) is 11.0. The fourth-order valence-electron chi connectivity index (χ4n) is 8.04. The van der Waals surface area contributed by atoms with Gasteiger partial charge in [0.25, 0.3) is 5.91 Å². The van der Waals surface area contributed by atoms with Crippen LogP contribution in [0.3, 0.4) is 0 Å². The molecule has 4 aliphatic rings. The summed E-state index contributed by atoms with van der Waals surface area (Å²) in [4.78, 5) is 40.6. The Hall–Kier alpha value is -2.86. The molecule has 4 aliphatic carbocycles. The van der Waals surface area contributed by atoms with Crippen LogP contribution in [0.4, 0.5) is 0 Å². The Balaban J connectivity index is 1.31. The highest BCUT2D eigenvalue weighted by Gasteiger charge is 2.63. The molecule has 3 saturated carbocycles. The average Bonchev–Trinajstić information content (AvgIpc) is 3.16. The number of amides is 2. The van der Waals surface area contributed by atoms with Crippen molar-refractivity contribution in [3.63, 3.8) is 0 Å². The summed E-state index contributed by atoms with van der Waals surface area (Å²) in [5.41, 5.74) is 1.10. The van der Waals surface area contributed by atoms with E-state index in [-0.39, 0.29) is 29.9 Å². The molecule has 0 spiro atoms. The molecule has 0 radical (unpaired) electrons. The number of terminal acetylenes is 1. The van der Waals surface area contributed by atoms with Gasteiger partial charge < -0.3 is 25.7 Å². The van der Waals surface area contributed by atoms with Crippen molar-refractivity contribution in [1.29, 1.82) is 0 Å². The Kier molecular flexibility index (Phi) is 8.18. The minimum absolute atomic E-state index is 0.0919. The number of carbonyl (C=O) groups excluding carboxylic acids is 2. The first kappa shape index (κ1) is 29.1. The Bertz CT molecular complexity index is 1110. The Morgan fingerprint density at radius 2 is 1.85 bits per heavy atom. The summed E-state index contributed by atoms with van der Waals surface area (Å²) in [5, 5.41) is 29.4. The smallest absolute Gasteiger partial charge is 0.326 e. The zero-order valence-corrected chi connectivity index (χ0v) is 23.6. The van der Waals surface area contributed by atoms with E-state index in [0.29, 0.717) is 24.2 Å². The highest BCUT2D eigenvalue weighted by Crippen LogP contribution is 2.67. The van der Waals surface area contributed by atoms with E-state index >= 15 is 0 Å². The molecular formula is C30H43N3O6. The predicted molar refractivity (Wildman–Crippen MR) is 146 cm³/mol. The van der Waals surface area contributed by atoms with Crippen molar-refractivity contribution in [3.8, 4) is 12.3 Å². The quantitative estimate of drug-likeness (QED) is 0.275. The molecule has 4 rings (SSSR count). The fourth-order valence-corrected chi connectivity index (χ4v) is 8.04. The summed E-state index contributed by atoms with van der Waals surface area (Å²) in [7, 11) is 0. The van der Waals surface area contributed by atoms with Crippen molar-refractivity contribution in [1.82, 2.24) is 10.6 Å². The number of allylic oxidation sites excluding steroid dienone is 2. The van der Waals surface area contributed by atoms with Crippen LogP contribution >= 0.6 is 0 Å². The molecule has 3 fully saturated rings. The van der Waals surface area contributed by atoms with E-state index in [2.05, 4.69) is 41.6 Å². The molecule has 0 aromatic rings. The van der Waals surface area contributed by atoms with Crippen LogP contribution in [-0.4, -0.2) is 58.5 Å². The van der Waals surface area contributed by atoms with E-state index in [1.54, 1.807) is 13.8 Å². The van der Waals surface area contributed by atoms with Crippen molar-refractivity contribution >= 4 is 23.5 Å². The standard InChI is InChI=1S/C30H43N3O6/c1-6-30(38)14-11-23-21-8-7-19-15-20(9-12-28(19,4)22(21)10-13-29(23,30)5)33-39-17-25(35)31-16-24(34)32-26(18(2)3)27(36)37/h1,15,18,21-23,26,38H,7-14,16-17H2,2-5H3,(H,31,35)(H,32,34)(H,36,37)/b33-20+/t21-,22+,23+,26+,28+,29+,30+/m1/s1. The second-order valence-electron chi connectivity index (χ2n) is 12.8. The van der Waals surface area contributed by atoms with Crippen molar-refractivity contribution in [3.05, 3.63) is 11.6 Å². The number of fused-ring (bicyclic) bond motifs is 5. The molecule has 7 atom stereocenters. The van der Waals surface area contributed by atoms with Gasteiger partial charge in [0, 0.05) is 5.41 Å². The van der Waals surface area contributed by atoms with Gasteiger partial charge in [-0.1, -0.05) is 44.3 Å². The Morgan fingerprint density at radius 1 is 1.13 bits per heavy atom. The first-order valence-corrected chi connectivity index (χ1v) is 14.2. The van der Waals surface area contributed by atoms with Crippen molar-refractivity contribution in [2.75, 3.05) is 13.2 Å². The van der Waals surface area contributed by atoms with Crippen LogP contribution in [0.15, 0.2) is 16.8 Å².